The summed E-state index contributed by atoms with van der Waals surface area (Å²) >= 11 is 3.30. The number of halogens is 1. The molecule has 3 heterocycles. The molecule has 0 spiro atoms. The molecule has 0 bridgehead atoms. The van der Waals surface area contributed by atoms with Crippen LogP contribution in [0.1, 0.15) is 38.7 Å². The Morgan fingerprint density at radius 2 is 1.87 bits per heavy atom. The minimum Gasteiger partial charge on any atom is -0.387 e. The summed E-state index contributed by atoms with van der Waals surface area (Å²) in [5, 5.41) is 17.6. The van der Waals surface area contributed by atoms with E-state index in [0.29, 0.717) is 17.6 Å². The van der Waals surface area contributed by atoms with Crippen molar-refractivity contribution < 1.29 is 28.1 Å². The molecule has 1 aromatic heterocycles. The number of likely N-dealkylation sites (tertiary alicyclic amines) is 1. The van der Waals surface area contributed by atoms with Gasteiger partial charge in [-0.25, -0.2) is 0 Å². The minimum absolute atomic E-state index is 0.0295. The predicted molar refractivity (Wildman–Crippen MR) is 145 cm³/mol. The summed E-state index contributed by atoms with van der Waals surface area (Å²) in [6, 6.07) is 3.65. The van der Waals surface area contributed by atoms with Gasteiger partial charge in [-0.05, 0) is 26.0 Å². The smallest absolute Gasteiger partial charge is 0.294 e. The van der Waals surface area contributed by atoms with Crippen LogP contribution in [-0.2, 0) is 9.47 Å². The number of aromatic nitrogens is 1. The Morgan fingerprint density at radius 3 is 2.53 bits per heavy atom. The fourth-order valence-electron chi connectivity index (χ4n) is 4.88. The molecule has 2 aromatic rings. The first-order valence-corrected chi connectivity index (χ1v) is 12.8. The van der Waals surface area contributed by atoms with Crippen LogP contribution in [-0.4, -0.2) is 96.1 Å². The second-order valence-corrected chi connectivity index (χ2v) is 10.3. The first-order valence-electron chi connectivity index (χ1n) is 13.5. The fourth-order valence-corrected chi connectivity index (χ4v) is 5.33. The number of carbonyl (C=O) groups excluding carboxylic acids is 2. The van der Waals surface area contributed by atoms with Crippen LogP contribution < -0.4 is 10.6 Å². The summed E-state index contributed by atoms with van der Waals surface area (Å²) in [7, 11) is 1.47. The van der Waals surface area contributed by atoms with Gasteiger partial charge in [0.05, 0.1) is 46.1 Å². The first-order chi connectivity index (χ1) is 19.3. The lowest BCUT2D eigenvalue weighted by atomic mass is 10.1. The summed E-state index contributed by atoms with van der Waals surface area (Å²) in [4.78, 5) is 45.6. The summed E-state index contributed by atoms with van der Waals surface area (Å²) in [6.07, 6.45) is 1.67. The molecule has 0 saturated carbocycles. The number of nitrogens with one attached hydrogen (secondary N) is 2. The number of ether oxygens (including phenoxy) is 2. The number of pyridine rings is 1. The number of hydrogen-bond acceptors (Lipinski definition) is 9. The zero-order valence-electron chi connectivity index (χ0n) is 24.1. The number of morpholine rings is 1. The first kappa shape index (κ1) is 23.8. The summed E-state index contributed by atoms with van der Waals surface area (Å²) in [5.74, 6) is -0.806. The van der Waals surface area contributed by atoms with Crippen molar-refractivity contribution in [3.8, 4) is 0 Å². The maximum absolute atomic E-state index is 13.7. The molecular weight excluding hydrogens is 560 g/mol. The van der Waals surface area contributed by atoms with Crippen LogP contribution in [0.4, 0.5) is 17.1 Å². The van der Waals surface area contributed by atoms with Crippen molar-refractivity contribution in [1.29, 1.82) is 0 Å². The topological polar surface area (TPSA) is 139 Å². The number of amides is 2. The molecular formula is C25H31BrN6O6. The van der Waals surface area contributed by atoms with Gasteiger partial charge < -0.3 is 29.9 Å². The molecule has 4 atom stereocenters. The van der Waals surface area contributed by atoms with Crippen molar-refractivity contribution in [2.45, 2.75) is 38.2 Å². The normalized spacial score (nSPS) is 24.8. The molecule has 2 N–H and O–H groups in total. The maximum atomic E-state index is 13.7. The van der Waals surface area contributed by atoms with E-state index in [1.807, 2.05) is 13.8 Å². The summed E-state index contributed by atoms with van der Waals surface area (Å²) < 4.78 is 33.9. The minimum atomic E-state index is -2.46. The lowest BCUT2D eigenvalue weighted by Gasteiger charge is -2.35. The molecule has 4 rings (SSSR count). The van der Waals surface area contributed by atoms with Gasteiger partial charge in [-0.2, -0.15) is 0 Å². The van der Waals surface area contributed by atoms with Gasteiger partial charge in [-0.1, -0.05) is 15.9 Å². The highest BCUT2D eigenvalue weighted by molar-refractivity contribution is 9.10. The summed E-state index contributed by atoms with van der Waals surface area (Å²) in [6.45, 7) is 2.17. The number of benzene rings is 1. The quantitative estimate of drug-likeness (QED) is 0.366. The maximum Gasteiger partial charge on any atom is 0.294 e. The van der Waals surface area contributed by atoms with E-state index in [0.717, 1.165) is 0 Å². The third kappa shape index (κ3) is 5.89. The average molecular weight is 594 g/mol. The van der Waals surface area contributed by atoms with Gasteiger partial charge in [0.15, 0.2) is 0 Å². The van der Waals surface area contributed by atoms with E-state index >= 15 is 0 Å². The van der Waals surface area contributed by atoms with Gasteiger partial charge >= 0.3 is 0 Å². The van der Waals surface area contributed by atoms with Crippen LogP contribution in [0.3, 0.4) is 0 Å². The Hall–Kier alpha value is -3.29. The molecule has 204 valence electrons. The number of nitro groups is 1. The second-order valence-electron chi connectivity index (χ2n) is 9.39. The zero-order chi connectivity index (χ0) is 30.1. The molecule has 2 fully saturated rings. The highest BCUT2D eigenvalue weighted by Gasteiger charge is 2.39. The van der Waals surface area contributed by atoms with Gasteiger partial charge in [0.1, 0.15) is 5.69 Å². The van der Waals surface area contributed by atoms with E-state index in [4.69, 9.17) is 13.6 Å². The van der Waals surface area contributed by atoms with Crippen LogP contribution in [0.2, 0.25) is 0 Å². The van der Waals surface area contributed by atoms with Crippen LogP contribution >= 0.6 is 15.9 Å². The number of methoxy groups -OCH3 is 1. The number of rotatable bonds is 7. The predicted octanol–water partition coefficient (Wildman–Crippen LogP) is 2.99. The molecule has 0 radical (unpaired) electrons. The molecule has 0 unspecified atom stereocenters. The van der Waals surface area contributed by atoms with E-state index in [-0.39, 0.29) is 59.4 Å². The molecule has 13 heteroatoms. The lowest BCUT2D eigenvalue weighted by molar-refractivity contribution is -0.384. The van der Waals surface area contributed by atoms with Crippen LogP contribution in [0, 0.1) is 10.1 Å². The van der Waals surface area contributed by atoms with Crippen molar-refractivity contribution in [1.82, 2.24) is 14.8 Å². The van der Waals surface area contributed by atoms with Crippen LogP contribution in [0.25, 0.3) is 0 Å². The molecule has 38 heavy (non-hydrogen) atoms. The van der Waals surface area contributed by atoms with E-state index in [2.05, 4.69) is 31.5 Å². The van der Waals surface area contributed by atoms with Crippen molar-refractivity contribution in [2.75, 3.05) is 50.9 Å². The van der Waals surface area contributed by atoms with Gasteiger partial charge in [-0.3, -0.25) is 24.7 Å². The third-order valence-corrected chi connectivity index (χ3v) is 6.99. The Kier molecular flexibility index (Phi) is 7.28. The monoisotopic (exact) mass is 593 g/mol. The number of carbonyl (C=O) groups is 2. The number of hydrogen-bond donors (Lipinski definition) is 2. The van der Waals surface area contributed by atoms with E-state index < -0.39 is 30.0 Å². The van der Waals surface area contributed by atoms with Crippen molar-refractivity contribution >= 4 is 44.8 Å². The van der Waals surface area contributed by atoms with Crippen molar-refractivity contribution in [3.63, 3.8) is 0 Å². The van der Waals surface area contributed by atoms with E-state index in [1.54, 1.807) is 4.90 Å². The molecule has 12 nitrogen and oxygen atoms in total. The van der Waals surface area contributed by atoms with Gasteiger partial charge in [0.25, 0.3) is 17.5 Å². The highest BCUT2D eigenvalue weighted by Crippen LogP contribution is 2.35. The third-order valence-electron chi connectivity index (χ3n) is 6.53. The van der Waals surface area contributed by atoms with Crippen molar-refractivity contribution in [2.24, 2.45) is 0 Å². The second kappa shape index (κ2) is 11.6. The van der Waals surface area contributed by atoms with Gasteiger partial charge in [0, 0.05) is 67.3 Å². The van der Waals surface area contributed by atoms with Gasteiger partial charge in [-0.15, -0.1) is 0 Å². The molecule has 2 aliphatic rings. The lowest BCUT2D eigenvalue weighted by Crippen LogP contribution is -2.48. The number of nitro benzene ring substituents is 1. The molecule has 1 aromatic carbocycles. The average Bonchev–Trinajstić information content (AvgIpc) is 3.29. The Labute approximate surface area is 233 Å². The van der Waals surface area contributed by atoms with Crippen LogP contribution in [0.15, 0.2) is 35.1 Å². The standard InChI is InChI=1S/C25H31BrN6O6/c1-14-10-30(11-15(2)38-14)25(34)19-6-17(26)7-21(32(35)36)23(19)29-20-12-31(13-22(20)37-4)24(33)16-5-18(27-3)9-28-8-16/h5-9,14-15,20,22,27,29H,10-13H2,1-4H3/t14-,15+,20-,22-/m0/s1/i3D3. The Balaban J connectivity index is 1.62. The molecule has 0 aliphatic carbocycles. The highest BCUT2D eigenvalue weighted by atomic mass is 79.9. The Bertz CT molecular complexity index is 1320. The largest absolute Gasteiger partial charge is 0.387 e. The Morgan fingerprint density at radius 1 is 1.16 bits per heavy atom. The van der Waals surface area contributed by atoms with Crippen LogP contribution in [0.5, 0.6) is 0 Å². The van der Waals surface area contributed by atoms with E-state index in [1.165, 1.54) is 42.6 Å². The van der Waals surface area contributed by atoms with Crippen molar-refractivity contribution in [3.05, 3.63) is 56.3 Å². The summed E-state index contributed by atoms with van der Waals surface area (Å²) in [5.41, 5.74) is 0.162. The van der Waals surface area contributed by atoms with Gasteiger partial charge in [0.2, 0.25) is 0 Å². The molecule has 2 saturated heterocycles. The molecule has 2 aliphatic heterocycles. The van der Waals surface area contributed by atoms with E-state index in [9.17, 15) is 19.7 Å². The zero-order valence-corrected chi connectivity index (χ0v) is 22.7. The SMILES string of the molecule is [2H]C([2H])([2H])Nc1cncc(C(=O)N2C[C@H](Nc3c(C(=O)N4C[C@@H](C)O[C@@H](C)C4)cc(Br)cc3[N+](=O)[O-])[C@@H](OC)C2)c1. The fraction of sp³-hybridized carbons (Fsp3) is 0.480. The molecule has 2 amide bonds. The number of anilines is 2. The number of nitrogens with zero attached hydrogens (tertiary/aromatic N) is 4.